The number of imide groups is 1. The van der Waals surface area contributed by atoms with Gasteiger partial charge in [-0.2, -0.15) is 0 Å². The van der Waals surface area contributed by atoms with Gasteiger partial charge in [0, 0.05) is 20.0 Å². The highest BCUT2D eigenvalue weighted by molar-refractivity contribution is 6.01. The molecule has 1 heterocycles. The molecule has 2 fully saturated rings. The van der Waals surface area contributed by atoms with Crippen molar-refractivity contribution < 1.29 is 33.5 Å². The van der Waals surface area contributed by atoms with E-state index in [4.69, 9.17) is 9.47 Å². The quantitative estimate of drug-likeness (QED) is 0.527. The number of carbonyl (C=O) groups excluding carboxylic acids is 4. The Hall–Kier alpha value is -1.96. The molecule has 2 rings (SSSR count). The molecule has 0 aromatic carbocycles. The summed E-state index contributed by atoms with van der Waals surface area (Å²) in [7, 11) is 1.58. The van der Waals surface area contributed by atoms with Crippen molar-refractivity contribution in [2.75, 3.05) is 7.11 Å². The largest absolute Gasteiger partial charge is 0.460 e. The third kappa shape index (κ3) is 4.75. The number of hydroxylamine groups is 2. The SMILES string of the molecule is COC1CCCCC1OC(=O)CCC(=O)ON1C(=O)CCC1=O. The van der Waals surface area contributed by atoms with Crippen molar-refractivity contribution in [3.8, 4) is 0 Å². The smallest absolute Gasteiger partial charge is 0.333 e. The average Bonchev–Trinajstić information content (AvgIpc) is 2.85. The normalized spacial score (nSPS) is 24.7. The molecule has 128 valence electrons. The van der Waals surface area contributed by atoms with Gasteiger partial charge in [-0.1, -0.05) is 6.42 Å². The number of esters is 1. The minimum absolute atomic E-state index is 0.0360. The summed E-state index contributed by atoms with van der Waals surface area (Å²) in [5, 5.41) is 0.468. The van der Waals surface area contributed by atoms with Gasteiger partial charge in [0.25, 0.3) is 11.8 Å². The summed E-state index contributed by atoms with van der Waals surface area (Å²) in [4.78, 5) is 50.7. The molecule has 1 saturated heterocycles. The molecule has 8 heteroatoms. The molecular formula is C15H21NO7. The molecule has 1 aliphatic heterocycles. The van der Waals surface area contributed by atoms with Gasteiger partial charge in [0.05, 0.1) is 18.9 Å². The summed E-state index contributed by atoms with van der Waals surface area (Å²) in [6.45, 7) is 0. The monoisotopic (exact) mass is 327 g/mol. The molecule has 2 amide bonds. The van der Waals surface area contributed by atoms with Crippen LogP contribution in [0.15, 0.2) is 0 Å². The van der Waals surface area contributed by atoms with Gasteiger partial charge in [0.15, 0.2) is 0 Å². The second kappa shape index (κ2) is 8.05. The first-order valence-electron chi connectivity index (χ1n) is 7.80. The van der Waals surface area contributed by atoms with Crippen LogP contribution in [0.3, 0.4) is 0 Å². The zero-order valence-electron chi connectivity index (χ0n) is 13.1. The van der Waals surface area contributed by atoms with Crippen molar-refractivity contribution >= 4 is 23.8 Å². The van der Waals surface area contributed by atoms with Crippen molar-refractivity contribution in [1.29, 1.82) is 0 Å². The minimum Gasteiger partial charge on any atom is -0.460 e. The first-order valence-corrected chi connectivity index (χ1v) is 7.80. The maximum Gasteiger partial charge on any atom is 0.333 e. The zero-order chi connectivity index (χ0) is 16.8. The molecule has 0 spiro atoms. The van der Waals surface area contributed by atoms with E-state index >= 15 is 0 Å². The van der Waals surface area contributed by atoms with E-state index in [0.717, 1.165) is 25.7 Å². The van der Waals surface area contributed by atoms with Gasteiger partial charge in [-0.05, 0) is 19.3 Å². The standard InChI is InChI=1S/C15H21NO7/c1-21-10-4-2-3-5-11(10)22-14(19)8-9-15(20)23-16-12(17)6-7-13(16)18/h10-11H,2-9H2,1H3. The molecule has 0 radical (unpaired) electrons. The molecule has 2 atom stereocenters. The van der Waals surface area contributed by atoms with Crippen molar-refractivity contribution in [2.45, 2.75) is 63.6 Å². The van der Waals surface area contributed by atoms with Crippen molar-refractivity contribution in [2.24, 2.45) is 0 Å². The summed E-state index contributed by atoms with van der Waals surface area (Å²) >= 11 is 0. The number of carbonyl (C=O) groups is 4. The molecule has 1 aliphatic carbocycles. The topological polar surface area (TPSA) is 99.2 Å². The van der Waals surface area contributed by atoms with Gasteiger partial charge in [-0.15, -0.1) is 5.06 Å². The second-order valence-electron chi connectivity index (χ2n) is 5.63. The predicted octanol–water partition coefficient (Wildman–Crippen LogP) is 0.875. The van der Waals surface area contributed by atoms with E-state index in [1.807, 2.05) is 0 Å². The third-order valence-electron chi connectivity index (χ3n) is 3.96. The number of hydrogen-bond donors (Lipinski definition) is 0. The Balaban J connectivity index is 1.72. The first-order chi connectivity index (χ1) is 11.0. The molecule has 23 heavy (non-hydrogen) atoms. The van der Waals surface area contributed by atoms with Crippen molar-refractivity contribution in [1.82, 2.24) is 5.06 Å². The van der Waals surface area contributed by atoms with E-state index < -0.39 is 23.8 Å². The second-order valence-corrected chi connectivity index (χ2v) is 5.63. The fourth-order valence-electron chi connectivity index (χ4n) is 2.70. The molecule has 1 saturated carbocycles. The molecule has 2 unspecified atom stereocenters. The Morgan fingerprint density at radius 1 is 1.00 bits per heavy atom. The third-order valence-corrected chi connectivity index (χ3v) is 3.96. The van der Waals surface area contributed by atoms with Crippen LogP contribution in [0, 0.1) is 0 Å². The van der Waals surface area contributed by atoms with Gasteiger partial charge in [-0.25, -0.2) is 4.79 Å². The lowest BCUT2D eigenvalue weighted by Crippen LogP contribution is -2.36. The molecular weight excluding hydrogens is 306 g/mol. The van der Waals surface area contributed by atoms with E-state index in [-0.39, 0.29) is 37.9 Å². The number of hydrogen-bond acceptors (Lipinski definition) is 7. The highest BCUT2D eigenvalue weighted by atomic mass is 16.7. The average molecular weight is 327 g/mol. The maximum absolute atomic E-state index is 11.8. The summed E-state index contributed by atoms with van der Waals surface area (Å²) in [6, 6.07) is 0. The lowest BCUT2D eigenvalue weighted by molar-refractivity contribution is -0.197. The van der Waals surface area contributed by atoms with E-state index in [9.17, 15) is 19.2 Å². The summed E-state index contributed by atoms with van der Waals surface area (Å²) in [5.74, 6) is -2.42. The molecule has 0 N–H and O–H groups in total. The van der Waals surface area contributed by atoms with E-state index in [2.05, 4.69) is 4.84 Å². The molecule has 0 aromatic rings. The van der Waals surface area contributed by atoms with Gasteiger partial charge in [-0.3, -0.25) is 14.4 Å². The molecule has 2 aliphatic rings. The Bertz CT molecular complexity index is 474. The Labute approximate surface area is 134 Å². The number of ether oxygens (including phenoxy) is 2. The summed E-state index contributed by atoms with van der Waals surface area (Å²) in [5.41, 5.74) is 0. The Morgan fingerprint density at radius 2 is 1.57 bits per heavy atom. The Kier molecular flexibility index (Phi) is 6.09. The van der Waals surface area contributed by atoms with Crippen LogP contribution in [0.2, 0.25) is 0 Å². The van der Waals surface area contributed by atoms with Gasteiger partial charge in [0.1, 0.15) is 6.10 Å². The fraction of sp³-hybridized carbons (Fsp3) is 0.733. The molecule has 0 aromatic heterocycles. The maximum atomic E-state index is 11.8. The number of nitrogens with zero attached hydrogens (tertiary/aromatic N) is 1. The van der Waals surface area contributed by atoms with Crippen LogP contribution in [0.5, 0.6) is 0 Å². The Morgan fingerprint density at radius 3 is 2.17 bits per heavy atom. The molecule has 0 bridgehead atoms. The predicted molar refractivity (Wildman–Crippen MR) is 75.6 cm³/mol. The highest BCUT2D eigenvalue weighted by Crippen LogP contribution is 2.24. The molecule has 8 nitrogen and oxygen atoms in total. The van der Waals surface area contributed by atoms with E-state index in [1.165, 1.54) is 0 Å². The van der Waals surface area contributed by atoms with Crippen LogP contribution >= 0.6 is 0 Å². The van der Waals surface area contributed by atoms with Crippen LogP contribution < -0.4 is 0 Å². The number of rotatable bonds is 6. The zero-order valence-corrected chi connectivity index (χ0v) is 13.1. The van der Waals surface area contributed by atoms with Crippen LogP contribution in [-0.2, 0) is 33.5 Å². The summed E-state index contributed by atoms with van der Waals surface area (Å²) < 4.78 is 10.6. The first kappa shape index (κ1) is 17.4. The van der Waals surface area contributed by atoms with E-state index in [1.54, 1.807) is 7.11 Å². The lowest BCUT2D eigenvalue weighted by atomic mass is 9.94. The van der Waals surface area contributed by atoms with Crippen molar-refractivity contribution in [3.63, 3.8) is 0 Å². The lowest BCUT2D eigenvalue weighted by Gasteiger charge is -2.29. The van der Waals surface area contributed by atoms with Crippen LogP contribution in [0.25, 0.3) is 0 Å². The minimum atomic E-state index is -0.808. The van der Waals surface area contributed by atoms with Crippen LogP contribution in [0.4, 0.5) is 0 Å². The van der Waals surface area contributed by atoms with Crippen LogP contribution in [0.1, 0.15) is 51.4 Å². The number of methoxy groups -OCH3 is 1. The van der Waals surface area contributed by atoms with Gasteiger partial charge >= 0.3 is 11.9 Å². The summed E-state index contributed by atoms with van der Waals surface area (Å²) in [6.07, 6.45) is 2.85. The van der Waals surface area contributed by atoms with E-state index in [0.29, 0.717) is 5.06 Å². The fourth-order valence-corrected chi connectivity index (χ4v) is 2.70. The van der Waals surface area contributed by atoms with Crippen molar-refractivity contribution in [3.05, 3.63) is 0 Å². The van der Waals surface area contributed by atoms with Crippen LogP contribution in [-0.4, -0.2) is 48.1 Å². The number of amides is 2. The highest BCUT2D eigenvalue weighted by Gasteiger charge is 2.33. The van der Waals surface area contributed by atoms with Gasteiger partial charge < -0.3 is 14.3 Å². The van der Waals surface area contributed by atoms with Gasteiger partial charge in [0.2, 0.25) is 0 Å².